The van der Waals surface area contributed by atoms with Crippen molar-refractivity contribution in [3.05, 3.63) is 41.2 Å². The molecule has 2 heterocycles. The molecule has 0 bridgehead atoms. The highest BCUT2D eigenvalue weighted by Crippen LogP contribution is 2.20. The van der Waals surface area contributed by atoms with Gasteiger partial charge < -0.3 is 5.11 Å². The molecule has 0 radical (unpaired) electrons. The van der Waals surface area contributed by atoms with E-state index in [1.807, 2.05) is 25.6 Å². The molecule has 1 unspecified atom stereocenters. The number of hydrogen-bond donors (Lipinski definition) is 1. The molecular formula is C13H18N4O. The van der Waals surface area contributed by atoms with E-state index in [0.29, 0.717) is 6.42 Å². The Kier molecular flexibility index (Phi) is 3.72. The first-order valence-electron chi connectivity index (χ1n) is 6.01. The lowest BCUT2D eigenvalue weighted by molar-refractivity contribution is 0.167. The molecule has 1 N–H and O–H groups in total. The minimum absolute atomic E-state index is 0.523. The molecule has 2 aromatic heterocycles. The lowest BCUT2D eigenvalue weighted by Crippen LogP contribution is -2.02. The van der Waals surface area contributed by atoms with Crippen molar-refractivity contribution in [2.24, 2.45) is 7.05 Å². The van der Waals surface area contributed by atoms with E-state index in [4.69, 9.17) is 0 Å². The normalized spacial score (nSPS) is 12.7. The fraction of sp³-hybridized carbons (Fsp3) is 0.462. The molecule has 0 aliphatic rings. The van der Waals surface area contributed by atoms with Gasteiger partial charge in [-0.3, -0.25) is 4.68 Å². The Balaban J connectivity index is 2.04. The lowest BCUT2D eigenvalue weighted by atomic mass is 10.0. The van der Waals surface area contributed by atoms with Crippen LogP contribution in [0.2, 0.25) is 0 Å². The van der Waals surface area contributed by atoms with Crippen LogP contribution in [0.5, 0.6) is 0 Å². The summed E-state index contributed by atoms with van der Waals surface area (Å²) in [6.07, 6.45) is 5.71. The van der Waals surface area contributed by atoms with Gasteiger partial charge in [-0.2, -0.15) is 5.10 Å². The number of aliphatic hydroxyl groups is 1. The Labute approximate surface area is 107 Å². The molecular weight excluding hydrogens is 228 g/mol. The number of nitrogens with zero attached hydrogens (tertiary/aromatic N) is 4. The van der Waals surface area contributed by atoms with E-state index in [0.717, 1.165) is 23.4 Å². The topological polar surface area (TPSA) is 63.8 Å². The Morgan fingerprint density at radius 2 is 1.94 bits per heavy atom. The maximum absolute atomic E-state index is 10.1. The van der Waals surface area contributed by atoms with Crippen molar-refractivity contribution in [3.63, 3.8) is 0 Å². The molecule has 2 rings (SSSR count). The summed E-state index contributed by atoms with van der Waals surface area (Å²) in [6, 6.07) is 0. The van der Waals surface area contributed by atoms with Gasteiger partial charge in [0.05, 0.1) is 11.8 Å². The number of aryl methyl sites for hydroxylation is 2. The summed E-state index contributed by atoms with van der Waals surface area (Å²) in [5, 5.41) is 14.4. The quantitative estimate of drug-likeness (QED) is 0.887. The van der Waals surface area contributed by atoms with Gasteiger partial charge in [-0.1, -0.05) is 0 Å². The first kappa shape index (κ1) is 12.7. The number of aromatic nitrogens is 4. The van der Waals surface area contributed by atoms with E-state index in [1.165, 1.54) is 11.9 Å². The van der Waals surface area contributed by atoms with Gasteiger partial charge in [0.15, 0.2) is 0 Å². The Hall–Kier alpha value is -1.75. The van der Waals surface area contributed by atoms with Crippen molar-refractivity contribution >= 4 is 0 Å². The van der Waals surface area contributed by atoms with E-state index in [9.17, 15) is 5.11 Å². The summed E-state index contributed by atoms with van der Waals surface area (Å²) < 4.78 is 1.88. The fourth-order valence-electron chi connectivity index (χ4n) is 2.11. The molecule has 1 atom stereocenters. The largest absolute Gasteiger partial charge is 0.388 e. The molecule has 5 nitrogen and oxygen atoms in total. The molecule has 0 saturated heterocycles. The average molecular weight is 246 g/mol. The maximum Gasteiger partial charge on any atom is 0.115 e. The summed E-state index contributed by atoms with van der Waals surface area (Å²) >= 11 is 0. The minimum atomic E-state index is -0.523. The predicted octanol–water partition coefficient (Wildman–Crippen LogP) is 1.49. The van der Waals surface area contributed by atoms with Crippen molar-refractivity contribution in [1.29, 1.82) is 0 Å². The van der Waals surface area contributed by atoms with E-state index >= 15 is 0 Å². The third-order valence-corrected chi connectivity index (χ3v) is 3.29. The van der Waals surface area contributed by atoms with Gasteiger partial charge >= 0.3 is 0 Å². The number of hydrogen-bond acceptors (Lipinski definition) is 4. The van der Waals surface area contributed by atoms with Crippen LogP contribution < -0.4 is 0 Å². The second kappa shape index (κ2) is 5.27. The van der Waals surface area contributed by atoms with Crippen molar-refractivity contribution in [2.45, 2.75) is 32.8 Å². The van der Waals surface area contributed by atoms with Crippen LogP contribution in [-0.4, -0.2) is 24.9 Å². The van der Waals surface area contributed by atoms with Crippen LogP contribution in [0.15, 0.2) is 18.7 Å². The van der Waals surface area contributed by atoms with Gasteiger partial charge in [0, 0.05) is 30.7 Å². The minimum Gasteiger partial charge on any atom is -0.388 e. The fourth-order valence-corrected chi connectivity index (χ4v) is 2.11. The predicted molar refractivity (Wildman–Crippen MR) is 68.0 cm³/mol. The number of aliphatic hydroxyl groups excluding tert-OH is 1. The zero-order valence-corrected chi connectivity index (χ0v) is 11.0. The van der Waals surface area contributed by atoms with Crippen molar-refractivity contribution in [3.8, 4) is 0 Å². The van der Waals surface area contributed by atoms with Crippen molar-refractivity contribution in [2.75, 3.05) is 0 Å². The van der Waals surface area contributed by atoms with Crippen LogP contribution in [0.3, 0.4) is 0 Å². The Morgan fingerprint density at radius 1 is 1.28 bits per heavy atom. The highest BCUT2D eigenvalue weighted by Gasteiger charge is 2.13. The molecule has 0 aliphatic carbocycles. The summed E-state index contributed by atoms with van der Waals surface area (Å²) in [5.74, 6) is 0. The van der Waals surface area contributed by atoms with Gasteiger partial charge in [-0.15, -0.1) is 0 Å². The van der Waals surface area contributed by atoms with Crippen molar-refractivity contribution < 1.29 is 5.11 Å². The highest BCUT2D eigenvalue weighted by molar-refractivity contribution is 5.24. The molecule has 0 fully saturated rings. The molecule has 96 valence electrons. The first-order chi connectivity index (χ1) is 8.59. The van der Waals surface area contributed by atoms with Crippen LogP contribution in [0.25, 0.3) is 0 Å². The Morgan fingerprint density at radius 3 is 2.50 bits per heavy atom. The van der Waals surface area contributed by atoms with Crippen LogP contribution in [0.4, 0.5) is 0 Å². The highest BCUT2D eigenvalue weighted by atomic mass is 16.3. The first-order valence-corrected chi connectivity index (χ1v) is 6.01. The van der Waals surface area contributed by atoms with Gasteiger partial charge in [-0.25, -0.2) is 9.97 Å². The van der Waals surface area contributed by atoms with E-state index in [-0.39, 0.29) is 0 Å². The molecule has 5 heteroatoms. The van der Waals surface area contributed by atoms with Crippen molar-refractivity contribution in [1.82, 2.24) is 19.7 Å². The van der Waals surface area contributed by atoms with Gasteiger partial charge in [-0.05, 0) is 32.3 Å². The van der Waals surface area contributed by atoms with E-state index in [2.05, 4.69) is 15.1 Å². The molecule has 2 aromatic rings. The molecule has 0 aliphatic heterocycles. The molecule has 0 aromatic carbocycles. The van der Waals surface area contributed by atoms with Crippen LogP contribution in [-0.2, 0) is 13.5 Å². The van der Waals surface area contributed by atoms with Gasteiger partial charge in [0.2, 0.25) is 0 Å². The monoisotopic (exact) mass is 246 g/mol. The summed E-state index contributed by atoms with van der Waals surface area (Å²) in [5.41, 5.74) is 4.17. The van der Waals surface area contributed by atoms with E-state index in [1.54, 1.807) is 12.4 Å². The molecule has 18 heavy (non-hydrogen) atoms. The van der Waals surface area contributed by atoms with Gasteiger partial charge in [0.1, 0.15) is 6.33 Å². The lowest BCUT2D eigenvalue weighted by Gasteiger charge is -2.10. The summed E-state index contributed by atoms with van der Waals surface area (Å²) in [6.45, 7) is 4.05. The number of rotatable bonds is 4. The molecule has 0 spiro atoms. The second-order valence-electron chi connectivity index (χ2n) is 4.50. The van der Waals surface area contributed by atoms with Gasteiger partial charge in [0.25, 0.3) is 0 Å². The third kappa shape index (κ3) is 2.56. The van der Waals surface area contributed by atoms with E-state index < -0.39 is 6.10 Å². The summed E-state index contributed by atoms with van der Waals surface area (Å²) in [4.78, 5) is 7.82. The SMILES string of the molecule is Cc1nn(C)c(C)c1CCC(O)c1cncnc1. The van der Waals surface area contributed by atoms with Crippen LogP contribution in [0.1, 0.15) is 35.0 Å². The Bertz CT molecular complexity index is 521. The zero-order chi connectivity index (χ0) is 13.1. The standard InChI is InChI=1S/C13H18N4O/c1-9-12(10(2)17(3)16-9)4-5-13(18)11-6-14-8-15-7-11/h6-8,13,18H,4-5H2,1-3H3. The van der Waals surface area contributed by atoms with Crippen LogP contribution >= 0.6 is 0 Å². The zero-order valence-electron chi connectivity index (χ0n) is 11.0. The maximum atomic E-state index is 10.1. The average Bonchev–Trinajstić information content (AvgIpc) is 2.62. The van der Waals surface area contributed by atoms with Crippen LogP contribution in [0, 0.1) is 13.8 Å². The summed E-state index contributed by atoms with van der Waals surface area (Å²) in [7, 11) is 1.94. The molecule has 0 amide bonds. The third-order valence-electron chi connectivity index (χ3n) is 3.29. The smallest absolute Gasteiger partial charge is 0.115 e. The molecule has 0 saturated carbocycles. The second-order valence-corrected chi connectivity index (χ2v) is 4.50.